The molecular formula is C15H24ClN3O4S. The lowest BCUT2D eigenvalue weighted by molar-refractivity contribution is -0.125. The Hall–Kier alpha value is -1.64. The monoisotopic (exact) mass is 377 g/mol. The summed E-state index contributed by atoms with van der Waals surface area (Å²) in [5, 5.41) is 2.95. The van der Waals surface area contributed by atoms with Gasteiger partial charge in [-0.1, -0.05) is 0 Å². The molecule has 1 aromatic carbocycles. The molecule has 0 unspecified atom stereocenters. The van der Waals surface area contributed by atoms with E-state index in [1.54, 1.807) is 19.0 Å². The molecule has 0 aliphatic carbocycles. The van der Waals surface area contributed by atoms with Crippen LogP contribution in [0.25, 0.3) is 0 Å². The van der Waals surface area contributed by atoms with Crippen LogP contribution in [0.15, 0.2) is 29.2 Å². The fourth-order valence-electron chi connectivity index (χ4n) is 1.78. The molecule has 0 bridgehead atoms. The van der Waals surface area contributed by atoms with Crippen molar-refractivity contribution in [3.8, 4) is 0 Å². The summed E-state index contributed by atoms with van der Waals surface area (Å²) in [6.45, 7) is 1.22. The van der Waals surface area contributed by atoms with Crippen LogP contribution in [0.5, 0.6) is 0 Å². The van der Waals surface area contributed by atoms with Gasteiger partial charge in [-0.15, -0.1) is 12.4 Å². The van der Waals surface area contributed by atoms with Crippen molar-refractivity contribution in [2.45, 2.75) is 4.90 Å². The molecule has 0 aliphatic rings. The van der Waals surface area contributed by atoms with Crippen LogP contribution in [0.2, 0.25) is 0 Å². The van der Waals surface area contributed by atoms with Crippen molar-refractivity contribution in [1.29, 1.82) is 0 Å². The van der Waals surface area contributed by atoms with Crippen LogP contribution in [0.3, 0.4) is 0 Å². The lowest BCUT2D eigenvalue weighted by Crippen LogP contribution is -2.32. The van der Waals surface area contributed by atoms with Crippen molar-refractivity contribution in [3.05, 3.63) is 29.8 Å². The van der Waals surface area contributed by atoms with Crippen LogP contribution in [-0.2, 0) is 14.6 Å². The van der Waals surface area contributed by atoms with Crippen molar-refractivity contribution >= 4 is 34.1 Å². The second-order valence-electron chi connectivity index (χ2n) is 5.40. The first kappa shape index (κ1) is 22.4. The Labute approximate surface area is 149 Å². The minimum absolute atomic E-state index is 0. The lowest BCUT2D eigenvalue weighted by atomic mass is 10.2. The molecule has 0 spiro atoms. The molecule has 9 heteroatoms. The van der Waals surface area contributed by atoms with Crippen LogP contribution in [0.1, 0.15) is 10.4 Å². The van der Waals surface area contributed by atoms with Gasteiger partial charge in [-0.2, -0.15) is 0 Å². The molecular weight excluding hydrogens is 354 g/mol. The summed E-state index contributed by atoms with van der Waals surface area (Å²) in [6, 6.07) is 5.64. The minimum atomic E-state index is -3.71. The average molecular weight is 378 g/mol. The van der Waals surface area contributed by atoms with Gasteiger partial charge in [0.2, 0.25) is 5.91 Å². The van der Waals surface area contributed by atoms with Gasteiger partial charge in [0.15, 0.2) is 9.84 Å². The van der Waals surface area contributed by atoms with E-state index in [1.165, 1.54) is 43.3 Å². The number of carbonyl (C=O) groups is 2. The van der Waals surface area contributed by atoms with E-state index < -0.39 is 21.5 Å². The number of rotatable bonds is 7. The smallest absolute Gasteiger partial charge is 0.253 e. The maximum Gasteiger partial charge on any atom is 0.253 e. The predicted molar refractivity (Wildman–Crippen MR) is 95.3 cm³/mol. The molecule has 0 fully saturated rings. The van der Waals surface area contributed by atoms with Gasteiger partial charge in [-0.25, -0.2) is 8.42 Å². The van der Waals surface area contributed by atoms with E-state index in [9.17, 15) is 18.0 Å². The Kier molecular flexibility index (Phi) is 8.95. The fraction of sp³-hybridized carbons (Fsp3) is 0.467. The van der Waals surface area contributed by atoms with E-state index in [1.807, 2.05) is 0 Å². The second-order valence-corrected chi connectivity index (χ2v) is 7.39. The first-order valence-electron chi connectivity index (χ1n) is 7.12. The summed E-state index contributed by atoms with van der Waals surface area (Å²) in [5.41, 5.74) is 0.404. The van der Waals surface area contributed by atoms with E-state index in [0.717, 1.165) is 0 Å². The molecule has 0 aliphatic heterocycles. The first-order valence-corrected chi connectivity index (χ1v) is 8.77. The highest BCUT2D eigenvalue weighted by molar-refractivity contribution is 7.92. The van der Waals surface area contributed by atoms with Gasteiger partial charge >= 0.3 is 0 Å². The molecule has 24 heavy (non-hydrogen) atoms. The van der Waals surface area contributed by atoms with Gasteiger partial charge in [0.05, 0.1) is 4.90 Å². The normalized spacial score (nSPS) is 10.7. The number of benzene rings is 1. The van der Waals surface area contributed by atoms with Gasteiger partial charge in [0.25, 0.3) is 5.91 Å². The van der Waals surface area contributed by atoms with Gasteiger partial charge < -0.3 is 15.1 Å². The zero-order chi connectivity index (χ0) is 17.6. The number of likely N-dealkylation sites (N-methyl/N-ethyl adjacent to an activating group) is 2. The largest absolute Gasteiger partial charge is 0.348 e. The standard InChI is InChI=1S/C15H23N3O4S.ClH/c1-16-9-10-18(4)15(20)12-5-7-13(8-6-12)23(21,22)11-14(19)17(2)3;/h5-8,16H,9-11H2,1-4H3;1H. The Morgan fingerprint density at radius 2 is 1.62 bits per heavy atom. The molecule has 1 aromatic rings. The van der Waals surface area contributed by atoms with Crippen molar-refractivity contribution in [2.24, 2.45) is 0 Å². The van der Waals surface area contributed by atoms with E-state index in [2.05, 4.69) is 5.32 Å². The van der Waals surface area contributed by atoms with Gasteiger partial charge in [-0.05, 0) is 31.3 Å². The van der Waals surface area contributed by atoms with Crippen LogP contribution in [0, 0.1) is 0 Å². The lowest BCUT2D eigenvalue weighted by Gasteiger charge is -2.17. The summed E-state index contributed by atoms with van der Waals surface area (Å²) >= 11 is 0. The highest BCUT2D eigenvalue weighted by Gasteiger charge is 2.21. The molecule has 0 saturated carbocycles. The Morgan fingerprint density at radius 3 is 2.08 bits per heavy atom. The molecule has 0 heterocycles. The predicted octanol–water partition coefficient (Wildman–Crippen LogP) is 0.262. The highest BCUT2D eigenvalue weighted by Crippen LogP contribution is 2.14. The summed E-state index contributed by atoms with van der Waals surface area (Å²) in [4.78, 5) is 26.6. The Balaban J connectivity index is 0.00000529. The topological polar surface area (TPSA) is 86.8 Å². The quantitative estimate of drug-likeness (QED) is 0.736. The van der Waals surface area contributed by atoms with E-state index >= 15 is 0 Å². The summed E-state index contributed by atoms with van der Waals surface area (Å²) < 4.78 is 24.3. The SMILES string of the molecule is CNCCN(C)C(=O)c1ccc(S(=O)(=O)CC(=O)N(C)C)cc1.Cl. The highest BCUT2D eigenvalue weighted by atomic mass is 35.5. The van der Waals surface area contributed by atoms with Gasteiger partial charge in [0, 0.05) is 39.8 Å². The number of nitrogens with one attached hydrogen (secondary N) is 1. The number of hydrogen-bond acceptors (Lipinski definition) is 5. The van der Waals surface area contributed by atoms with Crippen LogP contribution in [0.4, 0.5) is 0 Å². The number of nitrogens with zero attached hydrogens (tertiary/aromatic N) is 2. The second kappa shape index (κ2) is 9.61. The molecule has 0 radical (unpaired) electrons. The molecule has 0 aromatic heterocycles. The third-order valence-corrected chi connectivity index (χ3v) is 4.93. The Morgan fingerprint density at radius 1 is 1.08 bits per heavy atom. The first-order chi connectivity index (χ1) is 10.7. The van der Waals surface area contributed by atoms with Gasteiger partial charge in [-0.3, -0.25) is 9.59 Å². The van der Waals surface area contributed by atoms with Crippen LogP contribution < -0.4 is 5.32 Å². The third kappa shape index (κ3) is 6.10. The molecule has 0 saturated heterocycles. The summed E-state index contributed by atoms with van der Waals surface area (Å²) in [7, 11) is 2.77. The van der Waals surface area contributed by atoms with Crippen molar-refractivity contribution in [1.82, 2.24) is 15.1 Å². The van der Waals surface area contributed by atoms with Crippen molar-refractivity contribution in [3.63, 3.8) is 0 Å². The number of halogens is 1. The molecule has 2 amide bonds. The van der Waals surface area contributed by atoms with Gasteiger partial charge in [0.1, 0.15) is 5.75 Å². The zero-order valence-corrected chi connectivity index (χ0v) is 15.9. The van der Waals surface area contributed by atoms with Crippen molar-refractivity contribution in [2.75, 3.05) is 47.0 Å². The molecule has 7 nitrogen and oxygen atoms in total. The number of amides is 2. The number of sulfone groups is 1. The number of carbonyl (C=O) groups excluding carboxylic acids is 2. The maximum absolute atomic E-state index is 12.2. The Bertz CT molecular complexity index is 660. The van der Waals surface area contributed by atoms with E-state index in [0.29, 0.717) is 18.7 Å². The maximum atomic E-state index is 12.2. The minimum Gasteiger partial charge on any atom is -0.348 e. The van der Waals surface area contributed by atoms with Crippen molar-refractivity contribution < 1.29 is 18.0 Å². The summed E-state index contributed by atoms with van der Waals surface area (Å²) in [5.74, 6) is -1.26. The van der Waals surface area contributed by atoms with Crippen LogP contribution in [-0.4, -0.2) is 77.1 Å². The van der Waals surface area contributed by atoms with Crippen LogP contribution >= 0.6 is 12.4 Å². The third-order valence-electron chi connectivity index (χ3n) is 3.32. The zero-order valence-electron chi connectivity index (χ0n) is 14.3. The van der Waals surface area contributed by atoms with E-state index in [4.69, 9.17) is 0 Å². The van der Waals surface area contributed by atoms with E-state index in [-0.39, 0.29) is 23.2 Å². The average Bonchev–Trinajstić information content (AvgIpc) is 2.51. The fourth-order valence-corrected chi connectivity index (χ4v) is 3.08. The molecule has 0 atom stereocenters. The summed E-state index contributed by atoms with van der Waals surface area (Å²) in [6.07, 6.45) is 0. The molecule has 1 rings (SSSR count). The molecule has 1 N–H and O–H groups in total. The molecule has 136 valence electrons. The number of hydrogen-bond donors (Lipinski definition) is 1.